The lowest BCUT2D eigenvalue weighted by molar-refractivity contribution is -0.107. The molecule has 1 aromatic rings. The monoisotopic (exact) mass is 263 g/mol. The standard InChI is InChI=1S/C13H17N3O3/c1-3-15(2)13(19)16(12(18)14-9-10-17)11-7-5-4-6-8-11/h4-8,10H,3,9H2,1-2H3,(H,14,18). The number of nitrogens with one attached hydrogen (secondary N) is 1. The van der Waals surface area contributed by atoms with Crippen LogP contribution in [0.4, 0.5) is 15.3 Å². The van der Waals surface area contributed by atoms with E-state index in [-0.39, 0.29) is 6.54 Å². The smallest absolute Gasteiger partial charge is 0.330 e. The summed E-state index contributed by atoms with van der Waals surface area (Å²) in [6.45, 7) is 2.15. The topological polar surface area (TPSA) is 69.7 Å². The minimum atomic E-state index is -0.622. The van der Waals surface area contributed by atoms with Crippen LogP contribution < -0.4 is 10.2 Å². The fraction of sp³-hybridized carbons (Fsp3) is 0.308. The van der Waals surface area contributed by atoms with Crippen LogP contribution in [-0.2, 0) is 4.79 Å². The lowest BCUT2D eigenvalue weighted by Crippen LogP contribution is -2.49. The van der Waals surface area contributed by atoms with Crippen molar-refractivity contribution in [3.8, 4) is 0 Å². The Morgan fingerprint density at radius 1 is 1.26 bits per heavy atom. The second-order valence-electron chi connectivity index (χ2n) is 3.82. The zero-order valence-corrected chi connectivity index (χ0v) is 11.0. The maximum Gasteiger partial charge on any atom is 0.332 e. The van der Waals surface area contributed by atoms with E-state index in [0.717, 1.165) is 4.90 Å². The van der Waals surface area contributed by atoms with Crippen molar-refractivity contribution in [3.05, 3.63) is 30.3 Å². The van der Waals surface area contributed by atoms with Gasteiger partial charge in [-0.05, 0) is 19.1 Å². The van der Waals surface area contributed by atoms with Crippen molar-refractivity contribution >= 4 is 24.0 Å². The number of rotatable bonds is 4. The van der Waals surface area contributed by atoms with Gasteiger partial charge in [-0.3, -0.25) is 0 Å². The number of aldehydes is 1. The van der Waals surface area contributed by atoms with E-state index in [2.05, 4.69) is 5.32 Å². The van der Waals surface area contributed by atoms with E-state index in [4.69, 9.17) is 0 Å². The second kappa shape index (κ2) is 7.15. The Hall–Kier alpha value is -2.37. The van der Waals surface area contributed by atoms with Crippen LogP contribution in [0.3, 0.4) is 0 Å². The zero-order valence-electron chi connectivity index (χ0n) is 11.0. The van der Waals surface area contributed by atoms with Crippen LogP contribution in [0.5, 0.6) is 0 Å². The molecule has 1 N–H and O–H groups in total. The van der Waals surface area contributed by atoms with Crippen LogP contribution in [-0.4, -0.2) is 43.4 Å². The molecule has 19 heavy (non-hydrogen) atoms. The number of benzene rings is 1. The van der Waals surface area contributed by atoms with Crippen LogP contribution in [0.25, 0.3) is 0 Å². The van der Waals surface area contributed by atoms with E-state index in [9.17, 15) is 14.4 Å². The Kier molecular flexibility index (Phi) is 5.53. The van der Waals surface area contributed by atoms with E-state index >= 15 is 0 Å². The van der Waals surface area contributed by atoms with Crippen LogP contribution in [0.1, 0.15) is 6.92 Å². The van der Waals surface area contributed by atoms with Crippen LogP contribution in [0.15, 0.2) is 30.3 Å². The normalized spacial score (nSPS) is 9.58. The number of anilines is 1. The van der Waals surface area contributed by atoms with E-state index in [1.807, 2.05) is 6.92 Å². The summed E-state index contributed by atoms with van der Waals surface area (Å²) in [5.41, 5.74) is 0.455. The predicted molar refractivity (Wildman–Crippen MR) is 72.1 cm³/mol. The highest BCUT2D eigenvalue weighted by molar-refractivity contribution is 6.13. The van der Waals surface area contributed by atoms with Crippen molar-refractivity contribution in [1.29, 1.82) is 0 Å². The first-order chi connectivity index (χ1) is 9.11. The van der Waals surface area contributed by atoms with Crippen molar-refractivity contribution < 1.29 is 14.4 Å². The summed E-state index contributed by atoms with van der Waals surface area (Å²) in [5, 5.41) is 2.36. The molecule has 1 aromatic carbocycles. The van der Waals surface area contributed by atoms with E-state index < -0.39 is 12.1 Å². The molecule has 0 saturated heterocycles. The molecule has 4 amide bonds. The summed E-state index contributed by atoms with van der Waals surface area (Å²) in [4.78, 5) is 36.9. The largest absolute Gasteiger partial charge is 0.332 e. The number of amides is 4. The van der Waals surface area contributed by atoms with Crippen molar-refractivity contribution in [2.24, 2.45) is 0 Å². The predicted octanol–water partition coefficient (Wildman–Crippen LogP) is 1.47. The Labute approximate surface area is 112 Å². The van der Waals surface area contributed by atoms with Gasteiger partial charge in [-0.15, -0.1) is 0 Å². The Morgan fingerprint density at radius 3 is 2.42 bits per heavy atom. The molecule has 0 unspecified atom stereocenters. The van der Waals surface area contributed by atoms with Crippen molar-refractivity contribution in [2.75, 3.05) is 25.0 Å². The van der Waals surface area contributed by atoms with Gasteiger partial charge in [0.05, 0.1) is 12.2 Å². The van der Waals surface area contributed by atoms with Crippen LogP contribution in [0, 0.1) is 0 Å². The van der Waals surface area contributed by atoms with Crippen molar-refractivity contribution in [3.63, 3.8) is 0 Å². The number of nitrogens with zero attached hydrogens (tertiary/aromatic N) is 2. The van der Waals surface area contributed by atoms with Crippen molar-refractivity contribution in [2.45, 2.75) is 6.92 Å². The molecule has 6 nitrogen and oxygen atoms in total. The van der Waals surface area contributed by atoms with E-state index in [0.29, 0.717) is 18.5 Å². The van der Waals surface area contributed by atoms with Gasteiger partial charge in [-0.25, -0.2) is 14.5 Å². The van der Waals surface area contributed by atoms with Gasteiger partial charge < -0.3 is 15.0 Å². The van der Waals surface area contributed by atoms with Gasteiger partial charge >= 0.3 is 12.1 Å². The zero-order chi connectivity index (χ0) is 14.3. The van der Waals surface area contributed by atoms with Gasteiger partial charge in [0.25, 0.3) is 0 Å². The molecule has 0 atom stereocenters. The molecule has 102 valence electrons. The average molecular weight is 263 g/mol. The summed E-state index contributed by atoms with van der Waals surface area (Å²) in [7, 11) is 1.60. The molecule has 0 heterocycles. The summed E-state index contributed by atoms with van der Waals surface area (Å²) in [5.74, 6) is 0. The molecule has 0 saturated carbocycles. The molecular weight excluding hydrogens is 246 g/mol. The minimum absolute atomic E-state index is 0.134. The number of urea groups is 2. The molecule has 0 fully saturated rings. The molecule has 0 aromatic heterocycles. The number of para-hydroxylation sites is 1. The van der Waals surface area contributed by atoms with Crippen LogP contribution >= 0.6 is 0 Å². The first-order valence-corrected chi connectivity index (χ1v) is 5.93. The van der Waals surface area contributed by atoms with E-state index in [1.54, 1.807) is 37.4 Å². The molecular formula is C13H17N3O3. The number of imide groups is 1. The molecule has 0 radical (unpaired) electrons. The lowest BCUT2D eigenvalue weighted by atomic mass is 10.3. The van der Waals surface area contributed by atoms with E-state index in [1.165, 1.54) is 4.90 Å². The van der Waals surface area contributed by atoms with Gasteiger partial charge in [-0.2, -0.15) is 0 Å². The Bertz CT molecular complexity index is 448. The highest BCUT2D eigenvalue weighted by Crippen LogP contribution is 2.15. The number of hydrogen-bond donors (Lipinski definition) is 1. The lowest BCUT2D eigenvalue weighted by Gasteiger charge is -2.25. The van der Waals surface area contributed by atoms with Gasteiger partial charge in [0.1, 0.15) is 6.29 Å². The van der Waals surface area contributed by atoms with Gasteiger partial charge in [-0.1, -0.05) is 18.2 Å². The van der Waals surface area contributed by atoms with Gasteiger partial charge in [0.15, 0.2) is 0 Å². The Balaban J connectivity index is 3.01. The molecule has 0 aliphatic carbocycles. The highest BCUT2D eigenvalue weighted by atomic mass is 16.2. The molecule has 0 aliphatic rings. The second-order valence-corrected chi connectivity index (χ2v) is 3.82. The third-order valence-corrected chi connectivity index (χ3v) is 2.55. The first kappa shape index (κ1) is 14.7. The number of hydrogen-bond acceptors (Lipinski definition) is 3. The number of carbonyl (C=O) groups excluding carboxylic acids is 3. The van der Waals surface area contributed by atoms with Gasteiger partial charge in [0.2, 0.25) is 0 Å². The van der Waals surface area contributed by atoms with Crippen molar-refractivity contribution in [1.82, 2.24) is 10.2 Å². The maximum absolute atomic E-state index is 12.2. The third-order valence-electron chi connectivity index (χ3n) is 2.55. The Morgan fingerprint density at radius 2 is 1.89 bits per heavy atom. The third kappa shape index (κ3) is 3.80. The SMILES string of the molecule is CCN(C)C(=O)N(C(=O)NCC=O)c1ccccc1. The molecule has 0 spiro atoms. The summed E-state index contributed by atoms with van der Waals surface area (Å²) >= 11 is 0. The molecule has 1 rings (SSSR count). The van der Waals surface area contributed by atoms with Gasteiger partial charge in [0, 0.05) is 13.6 Å². The first-order valence-electron chi connectivity index (χ1n) is 5.93. The quantitative estimate of drug-likeness (QED) is 0.836. The average Bonchev–Trinajstić information content (AvgIpc) is 2.45. The minimum Gasteiger partial charge on any atom is -0.330 e. The van der Waals surface area contributed by atoms with Crippen LogP contribution in [0.2, 0.25) is 0 Å². The fourth-order valence-corrected chi connectivity index (χ4v) is 1.41. The number of carbonyl (C=O) groups is 3. The summed E-state index contributed by atoms with van der Waals surface area (Å²) in [6.07, 6.45) is 0.565. The fourth-order valence-electron chi connectivity index (χ4n) is 1.41. The molecule has 0 aliphatic heterocycles. The molecule has 6 heteroatoms. The maximum atomic E-state index is 12.2. The summed E-state index contributed by atoms with van der Waals surface area (Å²) < 4.78 is 0. The summed E-state index contributed by atoms with van der Waals surface area (Å²) in [6, 6.07) is 7.49. The molecule has 0 bridgehead atoms. The highest BCUT2D eigenvalue weighted by Gasteiger charge is 2.25.